The smallest absolute Gasteiger partial charge is 0.0631 e. The molecule has 0 aliphatic heterocycles. The van der Waals surface area contributed by atoms with Crippen LogP contribution in [-0.4, -0.2) is 36.2 Å². The first-order valence-corrected chi connectivity index (χ1v) is 7.39. The molecule has 106 valence electrons. The summed E-state index contributed by atoms with van der Waals surface area (Å²) in [5.74, 6) is 0.441. The Hall–Kier alpha value is -0.860. The van der Waals surface area contributed by atoms with E-state index in [1.54, 1.807) is 0 Å². The number of rotatable bonds is 5. The van der Waals surface area contributed by atoms with Crippen LogP contribution in [0.2, 0.25) is 0 Å². The second-order valence-corrected chi connectivity index (χ2v) is 6.73. The lowest BCUT2D eigenvalue weighted by molar-refractivity contribution is 0.0357. The molecule has 2 atom stereocenters. The predicted molar refractivity (Wildman–Crippen MR) is 80.2 cm³/mol. The van der Waals surface area contributed by atoms with Gasteiger partial charge in [0.1, 0.15) is 0 Å². The molecular weight excluding hydrogens is 234 g/mol. The van der Waals surface area contributed by atoms with Crippen molar-refractivity contribution in [2.75, 3.05) is 20.1 Å². The molecule has 0 bridgehead atoms. The van der Waals surface area contributed by atoms with Gasteiger partial charge in [0.05, 0.1) is 6.10 Å². The third kappa shape index (κ3) is 3.80. The van der Waals surface area contributed by atoms with E-state index in [9.17, 15) is 5.11 Å². The Labute approximate surface area is 117 Å². The van der Waals surface area contributed by atoms with Crippen LogP contribution in [0, 0.1) is 11.3 Å². The van der Waals surface area contributed by atoms with Gasteiger partial charge in [0.2, 0.25) is 0 Å². The maximum absolute atomic E-state index is 10.3. The number of nitrogens with zero attached hydrogens (tertiary/aromatic N) is 1. The van der Waals surface area contributed by atoms with E-state index in [0.717, 1.165) is 32.4 Å². The summed E-state index contributed by atoms with van der Waals surface area (Å²) >= 11 is 0. The summed E-state index contributed by atoms with van der Waals surface area (Å²) in [6.07, 6.45) is 3.24. The largest absolute Gasteiger partial charge is 0.392 e. The van der Waals surface area contributed by atoms with Gasteiger partial charge < -0.3 is 10.0 Å². The van der Waals surface area contributed by atoms with Gasteiger partial charge >= 0.3 is 0 Å². The summed E-state index contributed by atoms with van der Waals surface area (Å²) < 4.78 is 0. The number of aliphatic hydroxyl groups excluding tert-OH is 1. The molecule has 0 aromatic heterocycles. The zero-order valence-corrected chi connectivity index (χ0v) is 12.5. The highest BCUT2D eigenvalue weighted by Gasteiger charge is 2.40. The Morgan fingerprint density at radius 2 is 1.95 bits per heavy atom. The first kappa shape index (κ1) is 14.5. The summed E-state index contributed by atoms with van der Waals surface area (Å²) in [6.45, 7) is 6.44. The summed E-state index contributed by atoms with van der Waals surface area (Å²) in [4.78, 5) is 2.36. The van der Waals surface area contributed by atoms with Gasteiger partial charge in [-0.2, -0.15) is 0 Å². The van der Waals surface area contributed by atoms with Gasteiger partial charge in [-0.15, -0.1) is 0 Å². The van der Waals surface area contributed by atoms with Gasteiger partial charge in [-0.05, 0) is 43.2 Å². The zero-order chi connectivity index (χ0) is 13.9. The molecule has 0 radical (unpaired) electrons. The Balaban J connectivity index is 1.78. The minimum atomic E-state index is -0.147. The molecule has 2 heteroatoms. The van der Waals surface area contributed by atoms with Crippen LogP contribution in [0.5, 0.6) is 0 Å². The number of hydrogen-bond acceptors (Lipinski definition) is 2. The van der Waals surface area contributed by atoms with E-state index >= 15 is 0 Å². The number of aliphatic hydroxyl groups is 1. The van der Waals surface area contributed by atoms with E-state index in [4.69, 9.17) is 0 Å². The van der Waals surface area contributed by atoms with Crippen LogP contribution in [0.25, 0.3) is 0 Å². The Kier molecular flexibility index (Phi) is 4.64. The minimum Gasteiger partial charge on any atom is -0.392 e. The van der Waals surface area contributed by atoms with E-state index in [1.807, 2.05) is 0 Å². The second-order valence-electron chi connectivity index (χ2n) is 6.73. The SMILES string of the molecule is CN(CCc1ccccc1)CC1CCC(C)(C)C1O. The van der Waals surface area contributed by atoms with Gasteiger partial charge in [-0.1, -0.05) is 44.2 Å². The number of likely N-dealkylation sites (N-methyl/N-ethyl adjacent to an activating group) is 1. The predicted octanol–water partition coefficient (Wildman–Crippen LogP) is 2.96. The van der Waals surface area contributed by atoms with Crippen LogP contribution in [-0.2, 0) is 6.42 Å². The van der Waals surface area contributed by atoms with Crippen LogP contribution in [0.3, 0.4) is 0 Å². The number of hydrogen-bond donors (Lipinski definition) is 1. The van der Waals surface area contributed by atoms with Crippen molar-refractivity contribution in [3.8, 4) is 0 Å². The molecule has 1 saturated carbocycles. The lowest BCUT2D eigenvalue weighted by Gasteiger charge is -2.28. The van der Waals surface area contributed by atoms with E-state index in [0.29, 0.717) is 5.92 Å². The fraction of sp³-hybridized carbons (Fsp3) is 0.647. The molecule has 2 rings (SSSR count). The van der Waals surface area contributed by atoms with Crippen LogP contribution in [0.1, 0.15) is 32.3 Å². The van der Waals surface area contributed by atoms with Crippen LogP contribution in [0.15, 0.2) is 30.3 Å². The highest BCUT2D eigenvalue weighted by atomic mass is 16.3. The first-order chi connectivity index (χ1) is 8.99. The summed E-state index contributed by atoms with van der Waals surface area (Å²) in [7, 11) is 2.17. The molecule has 2 nitrogen and oxygen atoms in total. The average Bonchev–Trinajstić information content (AvgIpc) is 2.65. The molecule has 0 spiro atoms. The molecular formula is C17H27NO. The molecule has 1 aliphatic rings. The average molecular weight is 261 g/mol. The van der Waals surface area contributed by atoms with E-state index in [2.05, 4.69) is 56.1 Å². The molecule has 1 aliphatic carbocycles. The maximum Gasteiger partial charge on any atom is 0.0631 e. The molecule has 2 unspecified atom stereocenters. The summed E-state index contributed by atoms with van der Waals surface area (Å²) in [6, 6.07) is 10.6. The highest BCUT2D eigenvalue weighted by Crippen LogP contribution is 2.41. The molecule has 0 heterocycles. The van der Waals surface area contributed by atoms with E-state index in [-0.39, 0.29) is 11.5 Å². The summed E-state index contributed by atoms with van der Waals surface area (Å²) in [5.41, 5.74) is 1.49. The molecule has 1 aromatic carbocycles. The zero-order valence-electron chi connectivity index (χ0n) is 12.5. The van der Waals surface area contributed by atoms with Gasteiger partial charge in [0.15, 0.2) is 0 Å². The van der Waals surface area contributed by atoms with Crippen LogP contribution in [0.4, 0.5) is 0 Å². The molecule has 1 fully saturated rings. The van der Waals surface area contributed by atoms with Crippen molar-refractivity contribution in [2.45, 2.75) is 39.2 Å². The lowest BCUT2D eigenvalue weighted by atomic mass is 9.87. The second kappa shape index (κ2) is 6.06. The minimum absolute atomic E-state index is 0.102. The van der Waals surface area contributed by atoms with Gasteiger partial charge in [0, 0.05) is 13.1 Å². The molecule has 1 aromatic rings. The third-order valence-electron chi connectivity index (χ3n) is 4.58. The standard InChI is InChI=1S/C17H27NO/c1-17(2)11-9-15(16(17)19)13-18(3)12-10-14-7-5-4-6-8-14/h4-8,15-16,19H,9-13H2,1-3H3. The number of benzene rings is 1. The van der Waals surface area contributed by atoms with Crippen molar-refractivity contribution < 1.29 is 5.11 Å². The monoisotopic (exact) mass is 261 g/mol. The summed E-state index contributed by atoms with van der Waals surface area (Å²) in [5, 5.41) is 10.3. The van der Waals surface area contributed by atoms with E-state index in [1.165, 1.54) is 5.56 Å². The van der Waals surface area contributed by atoms with Crippen molar-refractivity contribution in [1.82, 2.24) is 4.90 Å². The fourth-order valence-electron chi connectivity index (χ4n) is 3.15. The van der Waals surface area contributed by atoms with Crippen molar-refractivity contribution in [3.63, 3.8) is 0 Å². The van der Waals surface area contributed by atoms with Gasteiger partial charge in [0.25, 0.3) is 0 Å². The first-order valence-electron chi connectivity index (χ1n) is 7.39. The third-order valence-corrected chi connectivity index (χ3v) is 4.58. The molecule has 0 saturated heterocycles. The molecule has 19 heavy (non-hydrogen) atoms. The van der Waals surface area contributed by atoms with Crippen molar-refractivity contribution in [3.05, 3.63) is 35.9 Å². The Bertz CT molecular complexity index is 388. The van der Waals surface area contributed by atoms with Gasteiger partial charge in [-0.3, -0.25) is 0 Å². The highest BCUT2D eigenvalue weighted by molar-refractivity contribution is 5.14. The van der Waals surface area contributed by atoms with Crippen molar-refractivity contribution >= 4 is 0 Å². The van der Waals surface area contributed by atoms with Crippen molar-refractivity contribution in [2.24, 2.45) is 11.3 Å². The van der Waals surface area contributed by atoms with Crippen LogP contribution < -0.4 is 0 Å². The fourth-order valence-corrected chi connectivity index (χ4v) is 3.15. The topological polar surface area (TPSA) is 23.5 Å². The maximum atomic E-state index is 10.3. The Morgan fingerprint density at radius 3 is 2.53 bits per heavy atom. The molecule has 1 N–H and O–H groups in total. The lowest BCUT2D eigenvalue weighted by Crippen LogP contribution is -2.35. The van der Waals surface area contributed by atoms with Crippen molar-refractivity contribution in [1.29, 1.82) is 0 Å². The van der Waals surface area contributed by atoms with Gasteiger partial charge in [-0.25, -0.2) is 0 Å². The molecule has 0 amide bonds. The normalized spacial score (nSPS) is 25.9. The van der Waals surface area contributed by atoms with Crippen LogP contribution >= 0.6 is 0 Å². The van der Waals surface area contributed by atoms with E-state index < -0.39 is 0 Å². The Morgan fingerprint density at radius 1 is 1.26 bits per heavy atom. The quantitative estimate of drug-likeness (QED) is 0.881.